The average Bonchev–Trinajstić information content (AvgIpc) is 2.74. The van der Waals surface area contributed by atoms with Gasteiger partial charge in [-0.3, -0.25) is 9.98 Å². The van der Waals surface area contributed by atoms with Crippen LogP contribution in [0.3, 0.4) is 0 Å². The molecular formula is C22H29FN4O. The maximum Gasteiger partial charge on any atom is 0.191 e. The van der Waals surface area contributed by atoms with Gasteiger partial charge in [0.2, 0.25) is 0 Å². The average molecular weight is 384 g/mol. The van der Waals surface area contributed by atoms with Crippen LogP contribution in [-0.2, 0) is 16.6 Å². The highest BCUT2D eigenvalue weighted by Gasteiger charge is 2.34. The van der Waals surface area contributed by atoms with Crippen molar-refractivity contribution in [2.45, 2.75) is 31.6 Å². The number of pyridine rings is 1. The second kappa shape index (κ2) is 10.2. The molecule has 2 N–H and O–H groups in total. The summed E-state index contributed by atoms with van der Waals surface area (Å²) in [5, 5.41) is 6.71. The lowest BCUT2D eigenvalue weighted by atomic mass is 9.74. The number of rotatable bonds is 7. The van der Waals surface area contributed by atoms with Crippen molar-refractivity contribution in [3.05, 3.63) is 65.7 Å². The second-order valence-corrected chi connectivity index (χ2v) is 7.09. The molecule has 28 heavy (non-hydrogen) atoms. The summed E-state index contributed by atoms with van der Waals surface area (Å²) in [7, 11) is 0. The van der Waals surface area contributed by atoms with Crippen molar-refractivity contribution in [3.63, 3.8) is 0 Å². The van der Waals surface area contributed by atoms with E-state index >= 15 is 0 Å². The minimum atomic E-state index is -0.209. The molecule has 0 bridgehead atoms. The molecule has 1 aromatic carbocycles. The van der Waals surface area contributed by atoms with Crippen LogP contribution in [0.4, 0.5) is 4.39 Å². The molecule has 2 heterocycles. The van der Waals surface area contributed by atoms with Crippen LogP contribution in [0, 0.1) is 5.82 Å². The third kappa shape index (κ3) is 5.52. The molecule has 0 aliphatic carbocycles. The minimum Gasteiger partial charge on any atom is -0.381 e. The Labute approximate surface area is 166 Å². The Morgan fingerprint density at radius 1 is 1.14 bits per heavy atom. The maximum absolute atomic E-state index is 13.4. The van der Waals surface area contributed by atoms with Crippen LogP contribution in [0.2, 0.25) is 0 Å². The molecule has 6 heteroatoms. The second-order valence-electron chi connectivity index (χ2n) is 7.09. The van der Waals surface area contributed by atoms with Crippen LogP contribution in [-0.4, -0.2) is 43.8 Å². The van der Waals surface area contributed by atoms with Gasteiger partial charge in [-0.15, -0.1) is 0 Å². The van der Waals surface area contributed by atoms with Crippen molar-refractivity contribution in [2.75, 3.05) is 32.8 Å². The predicted octanol–water partition coefficient (Wildman–Crippen LogP) is 3.07. The van der Waals surface area contributed by atoms with Crippen molar-refractivity contribution in [1.29, 1.82) is 0 Å². The highest BCUT2D eigenvalue weighted by atomic mass is 19.1. The number of benzene rings is 1. The van der Waals surface area contributed by atoms with Gasteiger partial charge in [0.15, 0.2) is 5.96 Å². The van der Waals surface area contributed by atoms with Crippen molar-refractivity contribution < 1.29 is 9.13 Å². The molecule has 2 aromatic rings. The lowest BCUT2D eigenvalue weighted by molar-refractivity contribution is 0.0531. The van der Waals surface area contributed by atoms with Gasteiger partial charge in [0.1, 0.15) is 5.82 Å². The summed E-state index contributed by atoms with van der Waals surface area (Å²) in [6, 6.07) is 12.8. The Hall–Kier alpha value is -2.47. The van der Waals surface area contributed by atoms with Crippen LogP contribution < -0.4 is 10.6 Å². The normalized spacial score (nSPS) is 16.6. The van der Waals surface area contributed by atoms with E-state index in [1.54, 1.807) is 0 Å². The first kappa shape index (κ1) is 20.3. The molecule has 0 amide bonds. The van der Waals surface area contributed by atoms with Crippen LogP contribution in [0.15, 0.2) is 53.7 Å². The number of nitrogens with one attached hydrogen (secondary N) is 2. The zero-order valence-corrected chi connectivity index (χ0v) is 16.5. The summed E-state index contributed by atoms with van der Waals surface area (Å²) < 4.78 is 19.0. The first-order valence-electron chi connectivity index (χ1n) is 9.98. The molecule has 0 radical (unpaired) electrons. The molecule has 1 saturated heterocycles. The standard InChI is InChI=1S/C22H29FN4O/c1-2-24-21(26-14-10-20-5-3-4-13-25-20)27-17-22(11-15-28-16-12-22)18-6-8-19(23)9-7-18/h3-9,13H,2,10-12,14-17H2,1H3,(H2,24,26,27). The van der Waals surface area contributed by atoms with Gasteiger partial charge in [-0.25, -0.2) is 4.39 Å². The highest BCUT2D eigenvalue weighted by Crippen LogP contribution is 2.35. The molecule has 1 aromatic heterocycles. The van der Waals surface area contributed by atoms with E-state index in [1.165, 1.54) is 12.1 Å². The zero-order valence-electron chi connectivity index (χ0n) is 16.5. The van der Waals surface area contributed by atoms with E-state index in [4.69, 9.17) is 9.73 Å². The van der Waals surface area contributed by atoms with Crippen LogP contribution >= 0.6 is 0 Å². The number of hydrogen-bond donors (Lipinski definition) is 2. The smallest absolute Gasteiger partial charge is 0.191 e. The molecule has 0 unspecified atom stereocenters. The van der Waals surface area contributed by atoms with Gasteiger partial charge in [0, 0.05) is 50.0 Å². The van der Waals surface area contributed by atoms with E-state index in [-0.39, 0.29) is 11.2 Å². The van der Waals surface area contributed by atoms with E-state index in [0.717, 1.165) is 49.6 Å². The first-order valence-corrected chi connectivity index (χ1v) is 9.98. The van der Waals surface area contributed by atoms with Gasteiger partial charge in [0.25, 0.3) is 0 Å². The van der Waals surface area contributed by atoms with Crippen molar-refractivity contribution in [1.82, 2.24) is 15.6 Å². The molecule has 0 atom stereocenters. The summed E-state index contributed by atoms with van der Waals surface area (Å²) in [5.41, 5.74) is 2.07. The highest BCUT2D eigenvalue weighted by molar-refractivity contribution is 5.79. The fraction of sp³-hybridized carbons (Fsp3) is 0.455. The van der Waals surface area contributed by atoms with E-state index < -0.39 is 0 Å². The zero-order chi connectivity index (χ0) is 19.7. The topological polar surface area (TPSA) is 58.5 Å². The summed E-state index contributed by atoms with van der Waals surface area (Å²) in [6.07, 6.45) is 4.42. The van der Waals surface area contributed by atoms with E-state index in [9.17, 15) is 4.39 Å². The predicted molar refractivity (Wildman–Crippen MR) is 110 cm³/mol. The van der Waals surface area contributed by atoms with Crippen molar-refractivity contribution in [3.8, 4) is 0 Å². The van der Waals surface area contributed by atoms with Crippen molar-refractivity contribution >= 4 is 5.96 Å². The molecule has 3 rings (SSSR count). The van der Waals surface area contributed by atoms with E-state index in [2.05, 4.69) is 22.5 Å². The third-order valence-corrected chi connectivity index (χ3v) is 5.19. The Bertz CT molecular complexity index is 743. The molecule has 5 nitrogen and oxygen atoms in total. The van der Waals surface area contributed by atoms with Crippen molar-refractivity contribution in [2.24, 2.45) is 4.99 Å². The summed E-state index contributed by atoms with van der Waals surface area (Å²) in [6.45, 7) is 5.66. The third-order valence-electron chi connectivity index (χ3n) is 5.19. The Kier molecular flexibility index (Phi) is 7.37. The van der Waals surface area contributed by atoms with Gasteiger partial charge in [-0.2, -0.15) is 0 Å². The van der Waals surface area contributed by atoms with Crippen LogP contribution in [0.25, 0.3) is 0 Å². The summed E-state index contributed by atoms with van der Waals surface area (Å²) in [4.78, 5) is 9.22. The lowest BCUT2D eigenvalue weighted by Gasteiger charge is -2.36. The summed E-state index contributed by atoms with van der Waals surface area (Å²) >= 11 is 0. The number of aromatic nitrogens is 1. The van der Waals surface area contributed by atoms with E-state index in [0.29, 0.717) is 19.8 Å². The fourth-order valence-electron chi connectivity index (χ4n) is 3.53. The largest absolute Gasteiger partial charge is 0.381 e. The SMILES string of the molecule is CCNC(=NCC1(c2ccc(F)cc2)CCOCC1)NCCc1ccccn1. The number of aliphatic imine (C=N–C) groups is 1. The van der Waals surface area contributed by atoms with Crippen LogP contribution in [0.5, 0.6) is 0 Å². The lowest BCUT2D eigenvalue weighted by Crippen LogP contribution is -2.41. The van der Waals surface area contributed by atoms with Gasteiger partial charge in [0.05, 0.1) is 6.54 Å². The Balaban J connectivity index is 1.68. The molecular weight excluding hydrogens is 355 g/mol. The van der Waals surface area contributed by atoms with Gasteiger partial charge >= 0.3 is 0 Å². The Morgan fingerprint density at radius 2 is 1.93 bits per heavy atom. The molecule has 1 fully saturated rings. The Morgan fingerprint density at radius 3 is 2.61 bits per heavy atom. The minimum absolute atomic E-state index is 0.116. The molecule has 150 valence electrons. The number of ether oxygens (including phenoxy) is 1. The van der Waals surface area contributed by atoms with E-state index in [1.807, 2.05) is 36.5 Å². The monoisotopic (exact) mass is 384 g/mol. The number of hydrogen-bond acceptors (Lipinski definition) is 3. The molecule has 0 spiro atoms. The van der Waals surface area contributed by atoms with Gasteiger partial charge in [-0.1, -0.05) is 18.2 Å². The van der Waals surface area contributed by atoms with Gasteiger partial charge < -0.3 is 15.4 Å². The first-order chi connectivity index (χ1) is 13.7. The number of guanidine groups is 1. The quantitative estimate of drug-likeness (QED) is 0.569. The number of halogens is 1. The molecule has 0 saturated carbocycles. The van der Waals surface area contributed by atoms with Crippen LogP contribution in [0.1, 0.15) is 31.0 Å². The number of nitrogens with zero attached hydrogens (tertiary/aromatic N) is 2. The summed E-state index contributed by atoms with van der Waals surface area (Å²) in [5.74, 6) is 0.588. The maximum atomic E-state index is 13.4. The fourth-order valence-corrected chi connectivity index (χ4v) is 3.53. The molecule has 1 aliphatic heterocycles. The van der Waals surface area contributed by atoms with Gasteiger partial charge in [-0.05, 0) is 49.6 Å². The molecule has 1 aliphatic rings.